The van der Waals surface area contributed by atoms with Crippen LogP contribution in [0.4, 0.5) is 0 Å². The van der Waals surface area contributed by atoms with E-state index >= 15 is 0 Å². The second-order valence-corrected chi connectivity index (χ2v) is 16.8. The van der Waals surface area contributed by atoms with E-state index in [1.54, 1.807) is 0 Å². The minimum absolute atomic E-state index is 0.626. The van der Waals surface area contributed by atoms with Gasteiger partial charge >= 0.3 is 0 Å². The molecule has 0 spiro atoms. The van der Waals surface area contributed by atoms with Crippen molar-refractivity contribution in [3.63, 3.8) is 0 Å². The summed E-state index contributed by atoms with van der Waals surface area (Å²) in [4.78, 5) is 11.1. The molecule has 14 aromatic rings. The highest BCUT2D eigenvalue weighted by molar-refractivity contribution is 6.33. The predicted octanol–water partition coefficient (Wildman–Crippen LogP) is 17.3. The Morgan fingerprint density at radius 1 is 0.348 bits per heavy atom. The summed E-state index contributed by atoms with van der Waals surface area (Å²) in [7, 11) is 0. The zero-order chi connectivity index (χ0) is 43.9. The van der Waals surface area contributed by atoms with Gasteiger partial charge in [-0.05, 0) is 78.7 Å². The number of aromatic nitrogens is 3. The summed E-state index contributed by atoms with van der Waals surface area (Å²) in [6.07, 6.45) is 0. The number of para-hydroxylation sites is 2. The topological polar surface area (TPSA) is 43.9 Å². The van der Waals surface area contributed by atoms with Crippen molar-refractivity contribution in [3.05, 3.63) is 212 Å². The average molecular weight is 844 g/mol. The fourth-order valence-electron chi connectivity index (χ4n) is 10.5. The van der Waals surface area contributed by atoms with Crippen LogP contribution < -0.4 is 0 Å². The second-order valence-electron chi connectivity index (χ2n) is 16.8. The molecule has 4 heteroatoms. The van der Waals surface area contributed by atoms with Crippen LogP contribution in [0.3, 0.4) is 0 Å². The second kappa shape index (κ2) is 15.0. The van der Waals surface area contributed by atoms with Crippen LogP contribution in [0.5, 0.6) is 0 Å². The van der Waals surface area contributed by atoms with Crippen molar-refractivity contribution in [1.82, 2.24) is 14.5 Å². The fraction of sp³-hybridized carbons (Fsp3) is 0.0323. The summed E-state index contributed by atoms with van der Waals surface area (Å²) < 4.78 is 8.85. The average Bonchev–Trinajstić information content (AvgIpc) is 3.96. The molecule has 0 aliphatic heterocycles. The molecule has 66 heavy (non-hydrogen) atoms. The van der Waals surface area contributed by atoms with E-state index in [1.807, 2.05) is 13.8 Å². The Labute approximate surface area is 380 Å². The Bertz CT molecular complexity index is 4250. The molecule has 3 aromatic heterocycles. The van der Waals surface area contributed by atoms with Gasteiger partial charge in [0.05, 0.1) is 22.2 Å². The molecule has 0 aliphatic carbocycles. The van der Waals surface area contributed by atoms with Crippen LogP contribution in [0.15, 0.2) is 217 Å². The fourth-order valence-corrected chi connectivity index (χ4v) is 10.5. The predicted molar refractivity (Wildman–Crippen MR) is 279 cm³/mol. The van der Waals surface area contributed by atoms with Crippen molar-refractivity contribution in [2.75, 3.05) is 0 Å². The van der Waals surface area contributed by atoms with Crippen LogP contribution >= 0.6 is 0 Å². The molecule has 0 saturated carbocycles. The molecule has 11 aromatic carbocycles. The number of furan rings is 1. The molecule has 0 amide bonds. The van der Waals surface area contributed by atoms with E-state index < -0.39 is 0 Å². The summed E-state index contributed by atoms with van der Waals surface area (Å²) in [5.41, 5.74) is 11.3. The van der Waals surface area contributed by atoms with Gasteiger partial charge < -0.3 is 4.42 Å². The van der Waals surface area contributed by atoms with Gasteiger partial charge in [-0.2, -0.15) is 0 Å². The first kappa shape index (κ1) is 37.9. The van der Waals surface area contributed by atoms with Crippen molar-refractivity contribution >= 4 is 97.7 Å². The first-order chi connectivity index (χ1) is 32.7. The first-order valence-electron chi connectivity index (χ1n) is 22.8. The van der Waals surface area contributed by atoms with Gasteiger partial charge in [-0.15, -0.1) is 0 Å². The SMILES string of the molecule is CC.c1ccc2c(-c3ccc(-c4nc(-n5c6c(-c7ccc8oc9ccc%10ccccc%10c9c8c7)cccc6c6c7ccccc7c7ccccc7c65)nc5ccccc45)cc3)cccc2c1. The highest BCUT2D eigenvalue weighted by Gasteiger charge is 2.24. The Morgan fingerprint density at radius 2 is 0.909 bits per heavy atom. The monoisotopic (exact) mass is 843 g/mol. The molecule has 310 valence electrons. The molecule has 0 fully saturated rings. The van der Waals surface area contributed by atoms with Crippen LogP contribution in [-0.2, 0) is 0 Å². The molecular formula is C62H41N3O. The molecule has 0 unspecified atom stereocenters. The molecule has 0 radical (unpaired) electrons. The molecule has 0 bridgehead atoms. The van der Waals surface area contributed by atoms with E-state index in [0.717, 1.165) is 77.0 Å². The lowest BCUT2D eigenvalue weighted by molar-refractivity contribution is 0.669. The molecule has 3 heterocycles. The summed E-state index contributed by atoms with van der Waals surface area (Å²) in [5, 5.41) is 15.2. The zero-order valence-electron chi connectivity index (χ0n) is 36.5. The quantitative estimate of drug-likeness (QED) is 0.166. The van der Waals surface area contributed by atoms with Gasteiger partial charge in [0.25, 0.3) is 0 Å². The van der Waals surface area contributed by atoms with E-state index in [4.69, 9.17) is 14.4 Å². The van der Waals surface area contributed by atoms with Crippen LogP contribution in [0.25, 0.3) is 137 Å². The van der Waals surface area contributed by atoms with E-state index in [1.165, 1.54) is 54.2 Å². The number of rotatable bonds is 4. The lowest BCUT2D eigenvalue weighted by Crippen LogP contribution is -2.04. The highest BCUT2D eigenvalue weighted by atomic mass is 16.3. The van der Waals surface area contributed by atoms with E-state index in [-0.39, 0.29) is 0 Å². The molecule has 0 aliphatic rings. The standard InChI is InChI=1S/C60H35N3O.C2H6/c1-3-16-41-36(13-1)15-11-23-42(41)38-27-29-39(30-28-38)57-49-22-9-10-26-52(49)61-60(62-57)63-58-44(40-32-33-53-51(35-40)55-43-17-4-2-14-37(43)31-34-54(55)64-53)24-12-25-50(58)56-47-20-7-5-18-45(47)46-19-6-8-21-48(46)59(56)63;1-2/h1-35H;1-2H3. The van der Waals surface area contributed by atoms with Gasteiger partial charge in [0, 0.05) is 43.4 Å². The van der Waals surface area contributed by atoms with Gasteiger partial charge in [-0.1, -0.05) is 202 Å². The molecule has 14 rings (SSSR count). The maximum Gasteiger partial charge on any atom is 0.235 e. The van der Waals surface area contributed by atoms with Gasteiger partial charge in [-0.25, -0.2) is 9.97 Å². The summed E-state index contributed by atoms with van der Waals surface area (Å²) in [6.45, 7) is 4.00. The zero-order valence-corrected chi connectivity index (χ0v) is 36.5. The van der Waals surface area contributed by atoms with Crippen molar-refractivity contribution in [2.24, 2.45) is 0 Å². The molecule has 4 nitrogen and oxygen atoms in total. The van der Waals surface area contributed by atoms with E-state index in [2.05, 4.69) is 217 Å². The Balaban J connectivity index is 0.00000215. The molecule has 0 N–H and O–H groups in total. The number of hydrogen-bond donors (Lipinski definition) is 0. The van der Waals surface area contributed by atoms with Crippen LogP contribution in [-0.4, -0.2) is 14.5 Å². The maximum atomic E-state index is 6.50. The minimum Gasteiger partial charge on any atom is -0.456 e. The lowest BCUT2D eigenvalue weighted by atomic mass is 9.95. The van der Waals surface area contributed by atoms with E-state index in [9.17, 15) is 0 Å². The summed E-state index contributed by atoms with van der Waals surface area (Å²) in [6, 6.07) is 76.1. The number of nitrogens with zero attached hydrogens (tertiary/aromatic N) is 3. The number of fused-ring (bicyclic) bond motifs is 15. The van der Waals surface area contributed by atoms with Gasteiger partial charge in [0.2, 0.25) is 5.95 Å². The van der Waals surface area contributed by atoms with Crippen molar-refractivity contribution in [1.29, 1.82) is 0 Å². The first-order valence-corrected chi connectivity index (χ1v) is 22.8. The van der Waals surface area contributed by atoms with Gasteiger partial charge in [-0.3, -0.25) is 4.57 Å². The third-order valence-corrected chi connectivity index (χ3v) is 13.4. The lowest BCUT2D eigenvalue weighted by Gasteiger charge is -2.15. The van der Waals surface area contributed by atoms with Gasteiger partial charge in [0.1, 0.15) is 11.2 Å². The number of benzene rings is 11. The van der Waals surface area contributed by atoms with Gasteiger partial charge in [0.15, 0.2) is 0 Å². The summed E-state index contributed by atoms with van der Waals surface area (Å²) >= 11 is 0. The van der Waals surface area contributed by atoms with Crippen LogP contribution in [0.2, 0.25) is 0 Å². The third kappa shape index (κ3) is 5.65. The third-order valence-electron chi connectivity index (χ3n) is 13.4. The molecular weight excluding hydrogens is 803 g/mol. The van der Waals surface area contributed by atoms with Crippen LogP contribution in [0, 0.1) is 0 Å². The normalized spacial score (nSPS) is 11.8. The maximum absolute atomic E-state index is 6.50. The largest absolute Gasteiger partial charge is 0.456 e. The smallest absolute Gasteiger partial charge is 0.235 e. The Morgan fingerprint density at radius 3 is 1.71 bits per heavy atom. The Hall–Kier alpha value is -8.60. The number of hydrogen-bond acceptors (Lipinski definition) is 3. The van der Waals surface area contributed by atoms with Crippen molar-refractivity contribution in [3.8, 4) is 39.5 Å². The van der Waals surface area contributed by atoms with E-state index in [0.29, 0.717) is 5.95 Å². The highest BCUT2D eigenvalue weighted by Crippen LogP contribution is 2.46. The van der Waals surface area contributed by atoms with Crippen LogP contribution in [0.1, 0.15) is 13.8 Å². The minimum atomic E-state index is 0.626. The van der Waals surface area contributed by atoms with Crippen molar-refractivity contribution < 1.29 is 4.42 Å². The molecule has 0 atom stereocenters. The Kier molecular flexibility index (Phi) is 8.62. The molecule has 0 saturated heterocycles. The summed E-state index contributed by atoms with van der Waals surface area (Å²) in [5.74, 6) is 0.626. The van der Waals surface area contributed by atoms with Crippen molar-refractivity contribution in [2.45, 2.75) is 13.8 Å².